The Hall–Kier alpha value is -1.10. The molecule has 0 aliphatic rings. The first kappa shape index (κ1) is 16.3. The van der Waals surface area contributed by atoms with Gasteiger partial charge >= 0.3 is 0 Å². The van der Waals surface area contributed by atoms with Crippen LogP contribution in [0, 0.1) is 0 Å². The summed E-state index contributed by atoms with van der Waals surface area (Å²) in [4.78, 5) is 1.28. The fourth-order valence-corrected chi connectivity index (χ4v) is 3.96. The Bertz CT molecular complexity index is 528. The van der Waals surface area contributed by atoms with Gasteiger partial charge in [-0.05, 0) is 29.8 Å². The van der Waals surface area contributed by atoms with Crippen LogP contribution < -0.4 is 0 Å². The smallest absolute Gasteiger partial charge is 0.115 e. The molecule has 0 fully saturated rings. The molecule has 0 aromatic heterocycles. The molecule has 112 valence electrons. The fourth-order valence-electron chi connectivity index (χ4n) is 1.94. The summed E-state index contributed by atoms with van der Waals surface area (Å²) in [6.45, 7) is 2.04. The predicted octanol–water partition coefficient (Wildman–Crippen LogP) is 4.34. The number of hydrogen-bond donors (Lipinski definition) is 2. The Kier molecular flexibility index (Phi) is 6.49. The summed E-state index contributed by atoms with van der Waals surface area (Å²) in [6, 6.07) is 17.1. The van der Waals surface area contributed by atoms with Gasteiger partial charge in [0.15, 0.2) is 0 Å². The van der Waals surface area contributed by atoms with E-state index >= 15 is 0 Å². The molecular weight excluding hydrogens is 300 g/mol. The minimum absolute atomic E-state index is 0.130. The van der Waals surface area contributed by atoms with Crippen LogP contribution in [0.15, 0.2) is 59.5 Å². The van der Waals surface area contributed by atoms with Crippen molar-refractivity contribution in [2.75, 3.05) is 11.5 Å². The number of thioether (sulfide) groups is 2. The highest BCUT2D eigenvalue weighted by Gasteiger charge is 2.16. The number of phenols is 1. The molecule has 4 heteroatoms. The van der Waals surface area contributed by atoms with Crippen LogP contribution in [0.2, 0.25) is 0 Å². The average molecular weight is 320 g/mol. The van der Waals surface area contributed by atoms with Gasteiger partial charge in [-0.15, -0.1) is 11.8 Å². The lowest BCUT2D eigenvalue weighted by Crippen LogP contribution is -2.12. The van der Waals surface area contributed by atoms with Gasteiger partial charge in [-0.25, -0.2) is 0 Å². The van der Waals surface area contributed by atoms with Crippen molar-refractivity contribution in [1.82, 2.24) is 0 Å². The molecule has 0 saturated heterocycles. The molecular formula is C17H20O2S2. The van der Waals surface area contributed by atoms with Crippen LogP contribution in [-0.2, 0) is 0 Å². The zero-order valence-corrected chi connectivity index (χ0v) is 13.6. The first-order valence-corrected chi connectivity index (χ1v) is 8.96. The van der Waals surface area contributed by atoms with E-state index in [4.69, 9.17) is 0 Å². The van der Waals surface area contributed by atoms with Gasteiger partial charge in [0, 0.05) is 21.7 Å². The maximum absolute atomic E-state index is 10.3. The molecule has 2 nitrogen and oxygen atoms in total. The Morgan fingerprint density at radius 2 is 1.62 bits per heavy atom. The Balaban J connectivity index is 1.74. The molecule has 0 heterocycles. The molecule has 2 aromatic carbocycles. The first-order chi connectivity index (χ1) is 10.2. The van der Waals surface area contributed by atoms with Crippen LogP contribution in [-0.4, -0.2) is 27.0 Å². The van der Waals surface area contributed by atoms with Gasteiger partial charge in [0.2, 0.25) is 0 Å². The van der Waals surface area contributed by atoms with E-state index in [9.17, 15) is 10.2 Å². The van der Waals surface area contributed by atoms with Gasteiger partial charge in [-0.3, -0.25) is 0 Å². The maximum Gasteiger partial charge on any atom is 0.115 e. The van der Waals surface area contributed by atoms with Crippen LogP contribution in [0.25, 0.3) is 0 Å². The summed E-state index contributed by atoms with van der Waals surface area (Å²) in [7, 11) is 0. The van der Waals surface area contributed by atoms with Gasteiger partial charge in [0.05, 0.1) is 6.10 Å². The zero-order valence-electron chi connectivity index (χ0n) is 12.0. The van der Waals surface area contributed by atoms with Crippen LogP contribution in [0.4, 0.5) is 0 Å². The first-order valence-electron chi connectivity index (χ1n) is 6.93. The highest BCUT2D eigenvalue weighted by molar-refractivity contribution is 8.03. The van der Waals surface area contributed by atoms with Crippen molar-refractivity contribution < 1.29 is 10.2 Å². The quantitative estimate of drug-likeness (QED) is 0.588. The Labute approximate surface area is 134 Å². The minimum atomic E-state index is -0.502. The van der Waals surface area contributed by atoms with E-state index in [0.29, 0.717) is 0 Å². The van der Waals surface area contributed by atoms with Crippen molar-refractivity contribution in [3.63, 3.8) is 0 Å². The Morgan fingerprint density at radius 3 is 2.29 bits per heavy atom. The molecule has 2 aromatic rings. The predicted molar refractivity (Wildman–Crippen MR) is 92.2 cm³/mol. The van der Waals surface area contributed by atoms with Crippen molar-refractivity contribution in [3.05, 3.63) is 60.2 Å². The summed E-state index contributed by atoms with van der Waals surface area (Å²) in [5.74, 6) is 2.25. The molecule has 0 saturated carbocycles. The standard InChI is InChI=1S/C17H20O2S2/c1-13(17(19)14-7-9-15(18)10-8-14)20-11-12-21-16-5-3-2-4-6-16/h2-10,13,17-19H,11-12H2,1H3. The molecule has 2 rings (SSSR count). The number of hydrogen-bond acceptors (Lipinski definition) is 4. The minimum Gasteiger partial charge on any atom is -0.508 e. The summed E-state index contributed by atoms with van der Waals surface area (Å²) in [6.07, 6.45) is -0.502. The van der Waals surface area contributed by atoms with Crippen LogP contribution in [0.1, 0.15) is 18.6 Å². The van der Waals surface area contributed by atoms with Gasteiger partial charge in [0.25, 0.3) is 0 Å². The van der Waals surface area contributed by atoms with Crippen molar-refractivity contribution >= 4 is 23.5 Å². The number of aromatic hydroxyl groups is 1. The number of benzene rings is 2. The molecule has 2 unspecified atom stereocenters. The zero-order chi connectivity index (χ0) is 15.1. The normalized spacial score (nSPS) is 13.8. The highest BCUT2D eigenvalue weighted by atomic mass is 32.2. The van der Waals surface area contributed by atoms with Crippen molar-refractivity contribution in [3.8, 4) is 5.75 Å². The third kappa shape index (κ3) is 5.30. The molecule has 0 spiro atoms. The largest absolute Gasteiger partial charge is 0.508 e. The van der Waals surface area contributed by atoms with Crippen LogP contribution in [0.3, 0.4) is 0 Å². The lowest BCUT2D eigenvalue weighted by molar-refractivity contribution is 0.179. The SMILES string of the molecule is CC(SCCSc1ccccc1)C(O)c1ccc(O)cc1. The fraction of sp³-hybridized carbons (Fsp3) is 0.294. The van der Waals surface area contributed by atoms with Crippen molar-refractivity contribution in [2.45, 2.75) is 23.2 Å². The molecule has 21 heavy (non-hydrogen) atoms. The third-order valence-electron chi connectivity index (χ3n) is 3.16. The monoisotopic (exact) mass is 320 g/mol. The number of aliphatic hydroxyl groups is 1. The highest BCUT2D eigenvalue weighted by Crippen LogP contribution is 2.28. The second-order valence-corrected chi connectivity index (χ2v) is 7.43. The van der Waals surface area contributed by atoms with E-state index in [2.05, 4.69) is 12.1 Å². The summed E-state index contributed by atoms with van der Waals surface area (Å²) < 4.78 is 0. The van der Waals surface area contributed by atoms with Crippen molar-refractivity contribution in [1.29, 1.82) is 0 Å². The number of phenolic OH excluding ortho intramolecular Hbond substituents is 1. The summed E-state index contributed by atoms with van der Waals surface area (Å²) in [5, 5.41) is 19.7. The van der Waals surface area contributed by atoms with Crippen LogP contribution >= 0.6 is 23.5 Å². The second-order valence-electron chi connectivity index (χ2n) is 4.77. The topological polar surface area (TPSA) is 40.5 Å². The summed E-state index contributed by atoms with van der Waals surface area (Å²) in [5.41, 5.74) is 0.850. The molecule has 0 aliphatic carbocycles. The van der Waals surface area contributed by atoms with E-state index in [-0.39, 0.29) is 11.0 Å². The lowest BCUT2D eigenvalue weighted by atomic mass is 10.1. The van der Waals surface area contributed by atoms with Crippen molar-refractivity contribution in [2.24, 2.45) is 0 Å². The molecule has 0 aliphatic heterocycles. The van der Waals surface area contributed by atoms with Gasteiger partial charge in [-0.1, -0.05) is 37.3 Å². The van der Waals surface area contributed by atoms with E-state index in [0.717, 1.165) is 17.1 Å². The Morgan fingerprint density at radius 1 is 0.952 bits per heavy atom. The third-order valence-corrected chi connectivity index (χ3v) is 5.65. The molecule has 0 radical (unpaired) electrons. The summed E-state index contributed by atoms with van der Waals surface area (Å²) >= 11 is 3.61. The van der Waals surface area contributed by atoms with Gasteiger partial charge < -0.3 is 10.2 Å². The number of aliphatic hydroxyl groups excluding tert-OH is 1. The molecule has 0 bridgehead atoms. The maximum atomic E-state index is 10.3. The van der Waals surface area contributed by atoms with Crippen LogP contribution in [0.5, 0.6) is 5.75 Å². The van der Waals surface area contributed by atoms with Gasteiger partial charge in [-0.2, -0.15) is 11.8 Å². The second kappa shape index (κ2) is 8.37. The van der Waals surface area contributed by atoms with E-state index < -0.39 is 6.10 Å². The van der Waals surface area contributed by atoms with Gasteiger partial charge in [0.1, 0.15) is 5.75 Å². The average Bonchev–Trinajstić information content (AvgIpc) is 2.52. The molecule has 0 amide bonds. The number of rotatable bonds is 7. The molecule has 2 N–H and O–H groups in total. The van der Waals surface area contributed by atoms with E-state index in [1.54, 1.807) is 36.0 Å². The van der Waals surface area contributed by atoms with E-state index in [1.807, 2.05) is 36.9 Å². The van der Waals surface area contributed by atoms with E-state index in [1.165, 1.54) is 4.90 Å². The molecule has 2 atom stereocenters. The lowest BCUT2D eigenvalue weighted by Gasteiger charge is -2.18.